The minimum Gasteiger partial charge on any atom is -0.339 e. The van der Waals surface area contributed by atoms with Gasteiger partial charge in [0.15, 0.2) is 5.01 Å². The van der Waals surface area contributed by atoms with Crippen LogP contribution in [0, 0.1) is 0 Å². The van der Waals surface area contributed by atoms with E-state index < -0.39 is 0 Å². The second kappa shape index (κ2) is 4.64. The summed E-state index contributed by atoms with van der Waals surface area (Å²) in [5, 5.41) is 18.3. The van der Waals surface area contributed by atoms with Crippen molar-refractivity contribution in [2.24, 2.45) is 0 Å². The zero-order valence-electron chi connectivity index (χ0n) is 10.5. The highest BCUT2D eigenvalue weighted by Gasteiger charge is 2.20. The number of aromatic nitrogens is 6. The molecule has 1 aliphatic rings. The molecule has 1 aliphatic heterocycles. The van der Waals surface area contributed by atoms with E-state index in [0.29, 0.717) is 0 Å². The highest BCUT2D eigenvalue weighted by molar-refractivity contribution is 7.18. The molecule has 3 aromatic heterocycles. The zero-order valence-corrected chi connectivity index (χ0v) is 11.4. The number of nitrogens with zero attached hydrogens (tertiary/aromatic N) is 7. The first kappa shape index (κ1) is 11.5. The number of hydrogen-bond acceptors (Lipinski definition) is 7. The number of anilines is 1. The summed E-state index contributed by atoms with van der Waals surface area (Å²) in [6.45, 7) is 2.48. The number of rotatable bonds is 2. The maximum Gasteiger partial charge on any atom is 0.209 e. The average Bonchev–Trinajstić information content (AvgIpc) is 3.16. The highest BCUT2D eigenvalue weighted by atomic mass is 32.1. The molecular weight excluding hydrogens is 274 g/mol. The van der Waals surface area contributed by atoms with E-state index in [1.165, 1.54) is 0 Å². The minimum absolute atomic E-state index is 0.772. The molecule has 0 unspecified atom stereocenters. The van der Waals surface area contributed by atoms with Gasteiger partial charge in [-0.25, -0.2) is 4.68 Å². The molecule has 100 valence electrons. The van der Waals surface area contributed by atoms with Crippen LogP contribution in [0.4, 0.5) is 5.13 Å². The third kappa shape index (κ3) is 1.94. The van der Waals surface area contributed by atoms with Crippen molar-refractivity contribution in [3.8, 4) is 10.6 Å². The minimum atomic E-state index is 0.772. The van der Waals surface area contributed by atoms with Gasteiger partial charge in [-0.2, -0.15) is 0 Å². The predicted molar refractivity (Wildman–Crippen MR) is 74.2 cm³/mol. The first-order valence-electron chi connectivity index (χ1n) is 6.26. The van der Waals surface area contributed by atoms with Gasteiger partial charge in [0.1, 0.15) is 0 Å². The number of pyridine rings is 1. The predicted octanol–water partition coefficient (Wildman–Crippen LogP) is 1.21. The fourth-order valence-corrected chi connectivity index (χ4v) is 3.05. The molecule has 0 bridgehead atoms. The maximum atomic E-state index is 4.29. The number of hydrogen-bond donors (Lipinski definition) is 0. The van der Waals surface area contributed by atoms with E-state index in [1.54, 1.807) is 29.9 Å². The fourth-order valence-electron chi connectivity index (χ4n) is 2.19. The summed E-state index contributed by atoms with van der Waals surface area (Å²) >= 11 is 1.58. The summed E-state index contributed by atoms with van der Waals surface area (Å²) in [5.41, 5.74) is 2.11. The molecule has 3 aromatic rings. The Bertz CT molecular complexity index is 720. The Morgan fingerprint density at radius 2 is 2.15 bits per heavy atom. The van der Waals surface area contributed by atoms with Gasteiger partial charge in [-0.1, -0.05) is 16.6 Å². The Morgan fingerprint density at radius 3 is 3.05 bits per heavy atom. The molecule has 0 aromatic carbocycles. The lowest BCUT2D eigenvalue weighted by Crippen LogP contribution is -2.33. The molecule has 20 heavy (non-hydrogen) atoms. The van der Waals surface area contributed by atoms with Crippen molar-refractivity contribution < 1.29 is 0 Å². The van der Waals surface area contributed by atoms with Crippen molar-refractivity contribution in [1.82, 2.24) is 30.2 Å². The lowest BCUT2D eigenvalue weighted by Gasteiger charge is -2.25. The molecule has 0 atom stereocenters. The normalized spacial score (nSPS) is 14.3. The van der Waals surface area contributed by atoms with Gasteiger partial charge in [0, 0.05) is 24.5 Å². The lowest BCUT2D eigenvalue weighted by atomic mass is 10.3. The van der Waals surface area contributed by atoms with E-state index in [9.17, 15) is 0 Å². The second-order valence-electron chi connectivity index (χ2n) is 4.50. The standard InChI is InChI=1S/C12H11N7S/c1-2-9(6-13-3-1)11-15-16-12(20-11)18-4-5-19-10(8-18)7-14-17-19/h1-3,6-7H,4-5,8H2. The van der Waals surface area contributed by atoms with Crippen LogP contribution in [0.2, 0.25) is 0 Å². The van der Waals surface area contributed by atoms with Crippen LogP contribution in [0.1, 0.15) is 5.69 Å². The van der Waals surface area contributed by atoms with E-state index in [-0.39, 0.29) is 0 Å². The summed E-state index contributed by atoms with van der Waals surface area (Å²) in [6.07, 6.45) is 5.36. The van der Waals surface area contributed by atoms with Crippen molar-refractivity contribution in [3.63, 3.8) is 0 Å². The van der Waals surface area contributed by atoms with Crippen LogP contribution in [0.15, 0.2) is 30.7 Å². The summed E-state index contributed by atoms with van der Waals surface area (Å²) < 4.78 is 1.93. The second-order valence-corrected chi connectivity index (χ2v) is 5.46. The van der Waals surface area contributed by atoms with Gasteiger partial charge >= 0.3 is 0 Å². The summed E-state index contributed by atoms with van der Waals surface area (Å²) in [4.78, 5) is 6.32. The first-order valence-corrected chi connectivity index (χ1v) is 7.08. The van der Waals surface area contributed by atoms with Crippen LogP contribution in [-0.2, 0) is 13.1 Å². The third-order valence-electron chi connectivity index (χ3n) is 3.23. The van der Waals surface area contributed by atoms with Crippen LogP contribution in [0.5, 0.6) is 0 Å². The Hall–Kier alpha value is -2.35. The van der Waals surface area contributed by atoms with Crippen LogP contribution in [0.3, 0.4) is 0 Å². The van der Waals surface area contributed by atoms with Gasteiger partial charge in [0.2, 0.25) is 5.13 Å². The molecule has 0 saturated carbocycles. The largest absolute Gasteiger partial charge is 0.339 e. The molecule has 0 radical (unpaired) electrons. The lowest BCUT2D eigenvalue weighted by molar-refractivity contribution is 0.507. The topological polar surface area (TPSA) is 72.6 Å². The van der Waals surface area contributed by atoms with Gasteiger partial charge in [-0.05, 0) is 12.1 Å². The smallest absolute Gasteiger partial charge is 0.209 e. The van der Waals surface area contributed by atoms with Crippen LogP contribution in [-0.4, -0.2) is 36.7 Å². The van der Waals surface area contributed by atoms with Crippen LogP contribution >= 0.6 is 11.3 Å². The average molecular weight is 285 g/mol. The monoisotopic (exact) mass is 285 g/mol. The van der Waals surface area contributed by atoms with E-state index in [1.807, 2.05) is 16.8 Å². The molecule has 0 N–H and O–H groups in total. The molecule has 7 nitrogen and oxygen atoms in total. The van der Waals surface area contributed by atoms with E-state index >= 15 is 0 Å². The molecule has 0 aliphatic carbocycles. The van der Waals surface area contributed by atoms with Gasteiger partial charge in [-0.15, -0.1) is 15.3 Å². The zero-order chi connectivity index (χ0) is 13.4. The third-order valence-corrected chi connectivity index (χ3v) is 4.26. The van der Waals surface area contributed by atoms with Crippen molar-refractivity contribution in [2.45, 2.75) is 13.1 Å². The molecule has 4 heterocycles. The highest BCUT2D eigenvalue weighted by Crippen LogP contribution is 2.29. The summed E-state index contributed by atoms with van der Waals surface area (Å²) in [7, 11) is 0. The Labute approximate surface area is 118 Å². The van der Waals surface area contributed by atoms with E-state index in [0.717, 1.165) is 41.0 Å². The molecule has 4 rings (SSSR count). The SMILES string of the molecule is c1cncc(-c2nnc(N3CCn4nncc4C3)s2)c1. The fraction of sp³-hybridized carbons (Fsp3) is 0.250. The van der Waals surface area contributed by atoms with Gasteiger partial charge in [0.25, 0.3) is 0 Å². The molecular formula is C12H11N7S. The van der Waals surface area contributed by atoms with Crippen LogP contribution < -0.4 is 4.90 Å². The van der Waals surface area contributed by atoms with Gasteiger partial charge < -0.3 is 4.90 Å². The van der Waals surface area contributed by atoms with E-state index in [4.69, 9.17) is 0 Å². The first-order chi connectivity index (χ1) is 9.90. The Kier molecular flexibility index (Phi) is 2.66. The van der Waals surface area contributed by atoms with Gasteiger partial charge in [-0.3, -0.25) is 4.98 Å². The maximum absolute atomic E-state index is 4.29. The summed E-state index contributed by atoms with van der Waals surface area (Å²) in [6, 6.07) is 3.90. The molecule has 0 saturated heterocycles. The molecule has 0 amide bonds. The van der Waals surface area contributed by atoms with Crippen molar-refractivity contribution >= 4 is 16.5 Å². The Balaban J connectivity index is 1.60. The Morgan fingerprint density at radius 1 is 1.15 bits per heavy atom. The quantitative estimate of drug-likeness (QED) is 0.704. The van der Waals surface area contributed by atoms with Crippen molar-refractivity contribution in [2.75, 3.05) is 11.4 Å². The van der Waals surface area contributed by atoms with E-state index in [2.05, 4.69) is 30.4 Å². The van der Waals surface area contributed by atoms with Crippen LogP contribution in [0.25, 0.3) is 10.6 Å². The molecule has 8 heteroatoms. The van der Waals surface area contributed by atoms with Crippen molar-refractivity contribution in [1.29, 1.82) is 0 Å². The summed E-state index contributed by atoms with van der Waals surface area (Å²) in [5.74, 6) is 0. The molecule has 0 spiro atoms. The van der Waals surface area contributed by atoms with Crippen molar-refractivity contribution in [3.05, 3.63) is 36.4 Å². The number of fused-ring (bicyclic) bond motifs is 1. The molecule has 0 fully saturated rings. The van der Waals surface area contributed by atoms with Gasteiger partial charge in [0.05, 0.1) is 25.0 Å².